The summed E-state index contributed by atoms with van der Waals surface area (Å²) in [6, 6.07) is 27.4. The summed E-state index contributed by atoms with van der Waals surface area (Å²) in [5.74, 6) is -3.68. The number of anilines is 1. The Kier molecular flexibility index (Phi) is 9.75. The highest BCUT2D eigenvalue weighted by atomic mass is 19.4. The lowest BCUT2D eigenvalue weighted by atomic mass is 9.98. The molecule has 0 saturated heterocycles. The van der Waals surface area contributed by atoms with Gasteiger partial charge in [-0.1, -0.05) is 91.0 Å². The number of amides is 1. The van der Waals surface area contributed by atoms with Gasteiger partial charge in [0.15, 0.2) is 6.61 Å². The van der Waals surface area contributed by atoms with E-state index in [0.717, 1.165) is 0 Å². The zero-order valence-electron chi connectivity index (χ0n) is 22.4. The van der Waals surface area contributed by atoms with Crippen molar-refractivity contribution in [2.75, 3.05) is 11.9 Å². The zero-order chi connectivity index (χ0) is 30.8. The van der Waals surface area contributed by atoms with Crippen LogP contribution < -0.4 is 10.6 Å². The van der Waals surface area contributed by atoms with E-state index in [-0.39, 0.29) is 23.9 Å². The molecule has 0 spiro atoms. The minimum Gasteiger partial charge on any atom is -0.454 e. The molecule has 1 aromatic heterocycles. The van der Waals surface area contributed by atoms with Crippen molar-refractivity contribution in [1.82, 2.24) is 5.32 Å². The normalized spacial score (nSPS) is 11.9. The van der Waals surface area contributed by atoms with Gasteiger partial charge in [-0.15, -0.1) is 0 Å². The largest absolute Gasteiger partial charge is 0.454 e. The minimum absolute atomic E-state index is 0.0104. The topological polar surface area (TPSA) is 121 Å². The number of nitrogens with zero attached hydrogens (tertiary/aromatic N) is 1. The van der Waals surface area contributed by atoms with Crippen LogP contribution >= 0.6 is 0 Å². The van der Waals surface area contributed by atoms with Crippen molar-refractivity contribution in [2.45, 2.75) is 18.6 Å². The summed E-state index contributed by atoms with van der Waals surface area (Å²) in [6.45, 7) is -0.788. The highest BCUT2D eigenvalue weighted by Crippen LogP contribution is 2.41. The summed E-state index contributed by atoms with van der Waals surface area (Å²) in [4.78, 5) is 36.8. The molecule has 4 aromatic rings. The fourth-order valence-corrected chi connectivity index (χ4v) is 4.09. The van der Waals surface area contributed by atoms with Gasteiger partial charge in [0, 0.05) is 29.8 Å². The number of nitrogens with one attached hydrogen (secondary N) is 2. The maximum Gasteiger partial charge on any atom is 0.454 e. The fourth-order valence-electron chi connectivity index (χ4n) is 4.09. The number of carbonyl (C=O) groups excluding carboxylic acids is 3. The standard InChI is InChI=1S/C32H24F3N3O5/c33-32(34,35)26(39)16-17-37-25(18-21-10-4-1-5-11-21)31(41)42-20-27(40)38-30-24(19-36)28(22-12-6-2-7-13-22)29(43-30)23-14-8-3-9-15-23/h1-17,25,37H,18,20H2,(H,38,40). The zero-order valence-corrected chi connectivity index (χ0v) is 22.4. The molecule has 11 heteroatoms. The van der Waals surface area contributed by atoms with Gasteiger partial charge in [-0.05, 0) is 11.1 Å². The number of allylic oxidation sites excluding steroid dienone is 1. The van der Waals surface area contributed by atoms with E-state index in [1.165, 1.54) is 0 Å². The lowest BCUT2D eigenvalue weighted by molar-refractivity contribution is -0.165. The van der Waals surface area contributed by atoms with Crippen LogP contribution in [0, 0.1) is 11.3 Å². The summed E-state index contributed by atoms with van der Waals surface area (Å²) in [7, 11) is 0. The summed E-state index contributed by atoms with van der Waals surface area (Å²) in [5.41, 5.74) is 2.52. The molecule has 1 unspecified atom stereocenters. The average Bonchev–Trinajstić information content (AvgIpc) is 3.38. The highest BCUT2D eigenvalue weighted by Gasteiger charge is 2.36. The van der Waals surface area contributed by atoms with Crippen LogP contribution in [0.25, 0.3) is 22.5 Å². The van der Waals surface area contributed by atoms with Crippen molar-refractivity contribution in [1.29, 1.82) is 5.26 Å². The van der Waals surface area contributed by atoms with Gasteiger partial charge in [0.25, 0.3) is 11.7 Å². The van der Waals surface area contributed by atoms with E-state index in [4.69, 9.17) is 9.15 Å². The second kappa shape index (κ2) is 13.8. The Hall–Kier alpha value is -5.63. The molecule has 3 aromatic carbocycles. The Morgan fingerprint density at radius 2 is 1.49 bits per heavy atom. The first-order chi connectivity index (χ1) is 20.7. The van der Waals surface area contributed by atoms with Gasteiger partial charge in [-0.3, -0.25) is 14.9 Å². The molecule has 8 nitrogen and oxygen atoms in total. The molecule has 0 radical (unpaired) electrons. The summed E-state index contributed by atoms with van der Waals surface area (Å²) >= 11 is 0. The minimum atomic E-state index is -5.07. The number of rotatable bonds is 11. The quantitative estimate of drug-likeness (QED) is 0.168. The van der Waals surface area contributed by atoms with Crippen molar-refractivity contribution in [3.63, 3.8) is 0 Å². The summed E-state index contributed by atoms with van der Waals surface area (Å²) in [6.07, 6.45) is -4.11. The van der Waals surface area contributed by atoms with Crippen molar-refractivity contribution in [3.05, 3.63) is 114 Å². The number of halogens is 3. The van der Waals surface area contributed by atoms with Crippen LogP contribution in [0.4, 0.5) is 19.1 Å². The molecule has 1 amide bonds. The summed E-state index contributed by atoms with van der Waals surface area (Å²) in [5, 5.41) is 14.9. The van der Waals surface area contributed by atoms with E-state index < -0.39 is 36.5 Å². The molecular weight excluding hydrogens is 563 g/mol. The molecule has 2 N–H and O–H groups in total. The smallest absolute Gasteiger partial charge is 0.454 e. The predicted molar refractivity (Wildman–Crippen MR) is 151 cm³/mol. The molecule has 4 rings (SSSR count). The number of esters is 1. The van der Waals surface area contributed by atoms with Gasteiger partial charge in [0.05, 0.1) is 0 Å². The first-order valence-corrected chi connectivity index (χ1v) is 12.9. The molecule has 0 saturated carbocycles. The maximum absolute atomic E-state index is 12.8. The van der Waals surface area contributed by atoms with Crippen LogP contribution in [0.5, 0.6) is 0 Å². The molecule has 0 bridgehead atoms. The van der Waals surface area contributed by atoms with E-state index in [2.05, 4.69) is 16.7 Å². The highest BCUT2D eigenvalue weighted by molar-refractivity contribution is 5.97. The number of ether oxygens (including phenoxy) is 1. The first-order valence-electron chi connectivity index (χ1n) is 12.9. The molecule has 1 atom stereocenters. The van der Waals surface area contributed by atoms with Crippen molar-refractivity contribution in [3.8, 4) is 28.5 Å². The third kappa shape index (κ3) is 7.98. The first kappa shape index (κ1) is 30.3. The van der Waals surface area contributed by atoms with E-state index in [9.17, 15) is 32.8 Å². The Morgan fingerprint density at radius 1 is 0.907 bits per heavy atom. The SMILES string of the molecule is N#Cc1c(NC(=O)COC(=O)C(Cc2ccccc2)NC=CC(=O)C(F)(F)F)oc(-c2ccccc2)c1-c1ccccc1. The van der Waals surface area contributed by atoms with E-state index >= 15 is 0 Å². The molecule has 218 valence electrons. The lowest BCUT2D eigenvalue weighted by Gasteiger charge is -2.16. The number of nitriles is 1. The van der Waals surface area contributed by atoms with Gasteiger partial charge in [-0.25, -0.2) is 4.79 Å². The second-order valence-electron chi connectivity index (χ2n) is 9.11. The van der Waals surface area contributed by atoms with Crippen LogP contribution in [-0.2, 0) is 25.5 Å². The number of ketones is 1. The van der Waals surface area contributed by atoms with E-state index in [1.807, 2.05) is 12.1 Å². The number of hydrogen-bond donors (Lipinski definition) is 2. The summed E-state index contributed by atoms with van der Waals surface area (Å²) < 4.78 is 48.7. The maximum atomic E-state index is 12.8. The van der Waals surface area contributed by atoms with Crippen LogP contribution in [0.15, 0.2) is 108 Å². The Labute approximate surface area is 244 Å². The Balaban J connectivity index is 1.50. The molecule has 0 aliphatic rings. The lowest BCUT2D eigenvalue weighted by Crippen LogP contribution is -2.38. The molecule has 0 aliphatic carbocycles. The molecular formula is C32H24F3N3O5. The van der Waals surface area contributed by atoms with Crippen LogP contribution in [0.3, 0.4) is 0 Å². The van der Waals surface area contributed by atoms with Crippen LogP contribution in [0.2, 0.25) is 0 Å². The van der Waals surface area contributed by atoms with Crippen molar-refractivity contribution >= 4 is 23.5 Å². The number of alkyl halides is 3. The molecule has 0 aliphatic heterocycles. The second-order valence-corrected chi connectivity index (χ2v) is 9.11. The van der Waals surface area contributed by atoms with Gasteiger partial charge in [-0.2, -0.15) is 18.4 Å². The van der Waals surface area contributed by atoms with Crippen LogP contribution in [0.1, 0.15) is 11.1 Å². The van der Waals surface area contributed by atoms with E-state index in [0.29, 0.717) is 34.2 Å². The van der Waals surface area contributed by atoms with Gasteiger partial charge < -0.3 is 14.5 Å². The molecule has 0 fully saturated rings. The number of carbonyl (C=O) groups is 3. The molecule has 1 heterocycles. The monoisotopic (exact) mass is 587 g/mol. The number of benzene rings is 3. The Bertz CT molecular complexity index is 1640. The predicted octanol–water partition coefficient (Wildman–Crippen LogP) is 5.81. The Morgan fingerprint density at radius 3 is 2.07 bits per heavy atom. The van der Waals surface area contributed by atoms with Crippen LogP contribution in [-0.4, -0.2) is 36.5 Å². The van der Waals surface area contributed by atoms with Gasteiger partial charge in [0.2, 0.25) is 5.88 Å². The average molecular weight is 588 g/mol. The number of furan rings is 1. The third-order valence-corrected chi connectivity index (χ3v) is 6.10. The van der Waals surface area contributed by atoms with Gasteiger partial charge in [0.1, 0.15) is 23.4 Å². The third-order valence-electron chi connectivity index (χ3n) is 6.10. The van der Waals surface area contributed by atoms with E-state index in [1.54, 1.807) is 78.9 Å². The number of hydrogen-bond acceptors (Lipinski definition) is 7. The molecule has 43 heavy (non-hydrogen) atoms. The fraction of sp³-hybridized carbons (Fsp3) is 0.125. The van der Waals surface area contributed by atoms with Gasteiger partial charge >= 0.3 is 12.1 Å². The van der Waals surface area contributed by atoms with Crippen molar-refractivity contribution < 1.29 is 36.7 Å². The van der Waals surface area contributed by atoms with Crippen molar-refractivity contribution in [2.24, 2.45) is 0 Å².